The Morgan fingerprint density at radius 1 is 1.29 bits per heavy atom. The van der Waals surface area contributed by atoms with E-state index < -0.39 is 0 Å². The summed E-state index contributed by atoms with van der Waals surface area (Å²) in [5.41, 5.74) is 2.33. The van der Waals surface area contributed by atoms with Crippen molar-refractivity contribution in [2.45, 2.75) is 26.3 Å². The van der Waals surface area contributed by atoms with Crippen molar-refractivity contribution < 1.29 is 14.3 Å². The highest BCUT2D eigenvalue weighted by Gasteiger charge is 2.29. The van der Waals surface area contributed by atoms with Gasteiger partial charge in [-0.3, -0.25) is 4.79 Å². The highest BCUT2D eigenvalue weighted by atomic mass is 16.5. The molecule has 1 heterocycles. The maximum Gasteiger partial charge on any atom is 0.246 e. The molecule has 0 unspecified atom stereocenters. The first kappa shape index (κ1) is 15.4. The first-order chi connectivity index (χ1) is 10.0. The molecule has 0 N–H and O–H groups in total. The second-order valence-electron chi connectivity index (χ2n) is 5.59. The molecule has 0 spiro atoms. The summed E-state index contributed by atoms with van der Waals surface area (Å²) in [6.45, 7) is 8.54. The zero-order chi connectivity index (χ0) is 15.6. The van der Waals surface area contributed by atoms with Gasteiger partial charge in [0.15, 0.2) is 11.5 Å². The smallest absolute Gasteiger partial charge is 0.246 e. The van der Waals surface area contributed by atoms with Crippen molar-refractivity contribution >= 4 is 5.91 Å². The average Bonchev–Trinajstić information content (AvgIpc) is 2.61. The molecule has 1 aromatic rings. The van der Waals surface area contributed by atoms with E-state index in [2.05, 4.69) is 13.5 Å². The van der Waals surface area contributed by atoms with Gasteiger partial charge >= 0.3 is 0 Å². The first-order valence-corrected chi connectivity index (χ1v) is 7.19. The van der Waals surface area contributed by atoms with Gasteiger partial charge in [0.25, 0.3) is 0 Å². The van der Waals surface area contributed by atoms with Crippen LogP contribution in [-0.2, 0) is 11.2 Å². The number of nitrogens with zero attached hydrogens (tertiary/aromatic N) is 1. The Morgan fingerprint density at radius 2 is 1.90 bits per heavy atom. The van der Waals surface area contributed by atoms with Crippen LogP contribution in [-0.4, -0.2) is 31.6 Å². The Morgan fingerprint density at radius 3 is 2.48 bits per heavy atom. The molecule has 0 fully saturated rings. The number of methoxy groups -OCH3 is 2. The molecule has 114 valence electrons. The summed E-state index contributed by atoms with van der Waals surface area (Å²) in [7, 11) is 3.27. The number of carbonyl (C=O) groups is 1. The lowest BCUT2D eigenvalue weighted by molar-refractivity contribution is -0.128. The average molecular weight is 289 g/mol. The maximum absolute atomic E-state index is 12.1. The standard InChI is InChI=1S/C17H23NO3/c1-6-17(19)18-10-11(2)7-13-8-15(20-4)16(21-5)9-14(13)12(18)3/h6,8-9,11-12H,1,7,10H2,2-5H3/t11-,12+/m1/s1. The summed E-state index contributed by atoms with van der Waals surface area (Å²) in [5, 5.41) is 0. The molecule has 21 heavy (non-hydrogen) atoms. The van der Waals surface area contributed by atoms with Crippen LogP contribution >= 0.6 is 0 Å². The molecule has 0 aromatic heterocycles. The zero-order valence-corrected chi connectivity index (χ0v) is 13.2. The van der Waals surface area contributed by atoms with Gasteiger partial charge in [0.1, 0.15) is 0 Å². The summed E-state index contributed by atoms with van der Waals surface area (Å²) in [6.07, 6.45) is 2.30. The molecule has 1 aromatic carbocycles. The van der Waals surface area contributed by atoms with Crippen LogP contribution in [0.2, 0.25) is 0 Å². The first-order valence-electron chi connectivity index (χ1n) is 7.19. The predicted molar refractivity (Wildman–Crippen MR) is 82.7 cm³/mol. The van der Waals surface area contributed by atoms with E-state index in [1.807, 2.05) is 24.0 Å². The minimum atomic E-state index is -0.0306. The van der Waals surface area contributed by atoms with Crippen LogP contribution in [0.5, 0.6) is 11.5 Å². The molecule has 4 nitrogen and oxygen atoms in total. The Kier molecular flexibility index (Phi) is 4.56. The Bertz CT molecular complexity index is 553. The molecular formula is C17H23NO3. The quantitative estimate of drug-likeness (QED) is 0.803. The van der Waals surface area contributed by atoms with Crippen molar-refractivity contribution in [3.05, 3.63) is 35.9 Å². The van der Waals surface area contributed by atoms with Gasteiger partial charge in [0, 0.05) is 6.54 Å². The molecule has 0 radical (unpaired) electrons. The number of ether oxygens (including phenoxy) is 2. The highest BCUT2D eigenvalue weighted by Crippen LogP contribution is 2.38. The lowest BCUT2D eigenvalue weighted by Crippen LogP contribution is -2.34. The van der Waals surface area contributed by atoms with E-state index in [9.17, 15) is 4.79 Å². The molecule has 0 saturated heterocycles. The fourth-order valence-electron chi connectivity index (χ4n) is 3.00. The molecule has 0 aliphatic carbocycles. The molecule has 1 aliphatic heterocycles. The minimum Gasteiger partial charge on any atom is -0.493 e. The van der Waals surface area contributed by atoms with Gasteiger partial charge in [-0.05, 0) is 48.6 Å². The molecule has 2 rings (SSSR count). The van der Waals surface area contributed by atoms with Gasteiger partial charge in [-0.15, -0.1) is 0 Å². The Balaban J connectivity index is 2.53. The number of hydrogen-bond acceptors (Lipinski definition) is 3. The van der Waals surface area contributed by atoms with Gasteiger partial charge in [-0.2, -0.15) is 0 Å². The number of amides is 1. The van der Waals surface area contributed by atoms with Gasteiger partial charge in [0.2, 0.25) is 5.91 Å². The second kappa shape index (κ2) is 6.20. The molecule has 0 saturated carbocycles. The van der Waals surface area contributed by atoms with Crippen LogP contribution in [0.25, 0.3) is 0 Å². The fraction of sp³-hybridized carbons (Fsp3) is 0.471. The largest absolute Gasteiger partial charge is 0.493 e. The third kappa shape index (κ3) is 2.89. The maximum atomic E-state index is 12.1. The van der Waals surface area contributed by atoms with Crippen LogP contribution in [0.1, 0.15) is 31.0 Å². The third-order valence-electron chi connectivity index (χ3n) is 4.10. The van der Waals surface area contributed by atoms with Crippen LogP contribution in [0.4, 0.5) is 0 Å². The SMILES string of the molecule is C=CC(=O)N1C[C@H](C)Cc2cc(OC)c(OC)cc2[C@@H]1C. The van der Waals surface area contributed by atoms with Crippen LogP contribution in [0.3, 0.4) is 0 Å². The number of fused-ring (bicyclic) bond motifs is 1. The minimum absolute atomic E-state index is 0.00439. The third-order valence-corrected chi connectivity index (χ3v) is 4.10. The van der Waals surface area contributed by atoms with Crippen molar-refractivity contribution in [2.24, 2.45) is 5.92 Å². The number of hydrogen-bond donors (Lipinski definition) is 0. The molecule has 0 bridgehead atoms. The molecule has 2 atom stereocenters. The van der Waals surface area contributed by atoms with Crippen molar-refractivity contribution in [3.63, 3.8) is 0 Å². The van der Waals surface area contributed by atoms with E-state index in [1.165, 1.54) is 11.6 Å². The number of rotatable bonds is 3. The van der Waals surface area contributed by atoms with Gasteiger partial charge in [-0.25, -0.2) is 0 Å². The number of carbonyl (C=O) groups excluding carboxylic acids is 1. The normalized spacial score (nSPS) is 21.2. The van der Waals surface area contributed by atoms with Crippen molar-refractivity contribution in [1.82, 2.24) is 4.90 Å². The van der Waals surface area contributed by atoms with E-state index in [0.29, 0.717) is 11.7 Å². The highest BCUT2D eigenvalue weighted by molar-refractivity contribution is 5.87. The van der Waals surface area contributed by atoms with Crippen molar-refractivity contribution in [1.29, 1.82) is 0 Å². The van der Waals surface area contributed by atoms with E-state index in [-0.39, 0.29) is 11.9 Å². The van der Waals surface area contributed by atoms with E-state index in [1.54, 1.807) is 14.2 Å². The topological polar surface area (TPSA) is 38.8 Å². The lowest BCUT2D eigenvalue weighted by atomic mass is 9.95. The Hall–Kier alpha value is -1.97. The summed E-state index contributed by atoms with van der Waals surface area (Å²) in [6, 6.07) is 4.01. The molecule has 1 amide bonds. The summed E-state index contributed by atoms with van der Waals surface area (Å²) >= 11 is 0. The van der Waals surface area contributed by atoms with Crippen LogP contribution in [0, 0.1) is 5.92 Å². The number of benzene rings is 1. The van der Waals surface area contributed by atoms with Gasteiger partial charge < -0.3 is 14.4 Å². The molecular weight excluding hydrogens is 266 g/mol. The van der Waals surface area contributed by atoms with Crippen molar-refractivity contribution in [3.8, 4) is 11.5 Å². The molecule has 1 aliphatic rings. The second-order valence-corrected chi connectivity index (χ2v) is 5.59. The molecule has 4 heteroatoms. The Labute approximate surface area is 126 Å². The van der Waals surface area contributed by atoms with Crippen LogP contribution in [0.15, 0.2) is 24.8 Å². The monoisotopic (exact) mass is 289 g/mol. The van der Waals surface area contributed by atoms with Crippen LogP contribution < -0.4 is 9.47 Å². The van der Waals surface area contributed by atoms with E-state index in [0.717, 1.165) is 24.3 Å². The predicted octanol–water partition coefficient (Wildman–Crippen LogP) is 2.97. The fourth-order valence-corrected chi connectivity index (χ4v) is 3.00. The van der Waals surface area contributed by atoms with E-state index in [4.69, 9.17) is 9.47 Å². The van der Waals surface area contributed by atoms with Gasteiger partial charge in [-0.1, -0.05) is 13.5 Å². The summed E-state index contributed by atoms with van der Waals surface area (Å²) in [5.74, 6) is 1.79. The van der Waals surface area contributed by atoms with Gasteiger partial charge in [0.05, 0.1) is 20.3 Å². The van der Waals surface area contributed by atoms with Crippen molar-refractivity contribution in [2.75, 3.05) is 20.8 Å². The van der Waals surface area contributed by atoms with E-state index >= 15 is 0 Å². The zero-order valence-electron chi connectivity index (χ0n) is 13.2. The summed E-state index contributed by atoms with van der Waals surface area (Å²) < 4.78 is 10.8. The lowest BCUT2D eigenvalue weighted by Gasteiger charge is -2.28. The summed E-state index contributed by atoms with van der Waals surface area (Å²) in [4.78, 5) is 14.0.